The molecule has 1 N–H and O–H groups in total. The van der Waals surface area contributed by atoms with Crippen molar-refractivity contribution in [1.29, 1.82) is 0 Å². The van der Waals surface area contributed by atoms with E-state index in [1.807, 2.05) is 22.6 Å². The Labute approximate surface area is 130 Å². The molecule has 1 saturated heterocycles. The molecular weight excluding hydrogens is 398 g/mol. The van der Waals surface area contributed by atoms with E-state index in [1.54, 1.807) is 0 Å². The summed E-state index contributed by atoms with van der Waals surface area (Å²) < 4.78 is 38.3. The Hall–Kier alpha value is -0.740. The summed E-state index contributed by atoms with van der Waals surface area (Å²) in [6, 6.07) is 3.98. The van der Waals surface area contributed by atoms with E-state index in [0.29, 0.717) is 16.5 Å². The van der Waals surface area contributed by atoms with Crippen LogP contribution in [0.4, 0.5) is 4.39 Å². The molecule has 0 spiro atoms. The summed E-state index contributed by atoms with van der Waals surface area (Å²) in [5.74, 6) is -0.703. The molecule has 0 atom stereocenters. The first-order valence-corrected chi connectivity index (χ1v) is 8.80. The van der Waals surface area contributed by atoms with Crippen LogP contribution in [0.5, 0.6) is 0 Å². The number of halogens is 2. The number of benzene rings is 1. The summed E-state index contributed by atoms with van der Waals surface area (Å²) in [5.41, 5.74) is 0.259. The van der Waals surface area contributed by atoms with Crippen LogP contribution in [0, 0.1) is 9.39 Å². The van der Waals surface area contributed by atoms with E-state index in [-0.39, 0.29) is 24.4 Å². The molecular formula is C12H14FIN2O3S. The maximum absolute atomic E-state index is 13.1. The van der Waals surface area contributed by atoms with Crippen LogP contribution in [-0.2, 0) is 10.0 Å². The van der Waals surface area contributed by atoms with Gasteiger partial charge in [-0.25, -0.2) is 17.1 Å². The summed E-state index contributed by atoms with van der Waals surface area (Å²) >= 11 is 1.95. The molecule has 0 aliphatic carbocycles. The van der Waals surface area contributed by atoms with Gasteiger partial charge in [0.15, 0.2) is 0 Å². The Morgan fingerprint density at radius 2 is 2.20 bits per heavy atom. The lowest BCUT2D eigenvalue weighted by Gasteiger charge is -2.14. The van der Waals surface area contributed by atoms with Crippen LogP contribution in [0.3, 0.4) is 0 Å². The molecule has 1 aromatic rings. The summed E-state index contributed by atoms with van der Waals surface area (Å²) in [4.78, 5) is 11.9. The summed E-state index contributed by atoms with van der Waals surface area (Å²) in [6.45, 7) is 0.959. The number of sulfonamides is 1. The van der Waals surface area contributed by atoms with Gasteiger partial charge in [-0.3, -0.25) is 4.79 Å². The van der Waals surface area contributed by atoms with Crippen LogP contribution in [0.2, 0.25) is 0 Å². The molecule has 0 unspecified atom stereocenters. The van der Waals surface area contributed by atoms with Crippen molar-refractivity contribution in [3.8, 4) is 0 Å². The number of amides is 1. The van der Waals surface area contributed by atoms with Crippen LogP contribution >= 0.6 is 22.6 Å². The van der Waals surface area contributed by atoms with Gasteiger partial charge in [0.2, 0.25) is 10.0 Å². The topological polar surface area (TPSA) is 66.5 Å². The highest BCUT2D eigenvalue weighted by molar-refractivity contribution is 14.1. The molecule has 1 amide bonds. The van der Waals surface area contributed by atoms with E-state index in [0.717, 1.165) is 0 Å². The maximum atomic E-state index is 13.1. The SMILES string of the molecule is O=C(NCCN1CCCS1(=O)=O)c1cc(F)ccc1I. The number of hydrogen-bond acceptors (Lipinski definition) is 3. The molecule has 110 valence electrons. The van der Waals surface area contributed by atoms with Crippen molar-refractivity contribution in [2.24, 2.45) is 0 Å². The first kappa shape index (κ1) is 15.6. The minimum absolute atomic E-state index is 0.169. The van der Waals surface area contributed by atoms with Crippen LogP contribution in [-0.4, -0.2) is 44.0 Å². The van der Waals surface area contributed by atoms with Gasteiger partial charge in [0.25, 0.3) is 5.91 Å². The number of rotatable bonds is 4. The Bertz CT molecular complexity index is 621. The van der Waals surface area contributed by atoms with Crippen molar-refractivity contribution in [2.75, 3.05) is 25.4 Å². The van der Waals surface area contributed by atoms with E-state index in [4.69, 9.17) is 0 Å². The predicted octanol–water partition coefficient (Wildman–Crippen LogP) is 1.20. The van der Waals surface area contributed by atoms with Crippen molar-refractivity contribution < 1.29 is 17.6 Å². The molecule has 0 saturated carbocycles. The molecule has 0 bridgehead atoms. The van der Waals surface area contributed by atoms with Crippen molar-refractivity contribution in [3.63, 3.8) is 0 Å². The number of nitrogens with zero attached hydrogens (tertiary/aromatic N) is 1. The molecule has 8 heteroatoms. The van der Waals surface area contributed by atoms with Gasteiger partial charge in [0.1, 0.15) is 5.82 Å². The predicted molar refractivity (Wildman–Crippen MR) is 81.4 cm³/mol. The Morgan fingerprint density at radius 3 is 2.85 bits per heavy atom. The van der Waals surface area contributed by atoms with E-state index in [2.05, 4.69) is 5.32 Å². The molecule has 1 fully saturated rings. The fourth-order valence-corrected chi connectivity index (χ4v) is 4.11. The number of nitrogens with one attached hydrogen (secondary N) is 1. The molecule has 1 aromatic carbocycles. The summed E-state index contributed by atoms with van der Waals surface area (Å²) in [7, 11) is -3.14. The van der Waals surface area contributed by atoms with Crippen LogP contribution in [0.15, 0.2) is 18.2 Å². The second-order valence-corrected chi connectivity index (χ2v) is 7.70. The van der Waals surface area contributed by atoms with Gasteiger partial charge >= 0.3 is 0 Å². The van der Waals surface area contributed by atoms with E-state index < -0.39 is 21.7 Å². The first-order chi connectivity index (χ1) is 9.40. The minimum atomic E-state index is -3.14. The molecule has 0 radical (unpaired) electrons. The van der Waals surface area contributed by atoms with Crippen LogP contribution in [0.1, 0.15) is 16.8 Å². The number of carbonyl (C=O) groups excluding carboxylic acids is 1. The second-order valence-electron chi connectivity index (χ2n) is 4.45. The normalized spacial score (nSPS) is 18.1. The highest BCUT2D eigenvalue weighted by atomic mass is 127. The molecule has 1 aliphatic heterocycles. The number of carbonyl (C=O) groups is 1. The fourth-order valence-electron chi connectivity index (χ4n) is 2.00. The summed E-state index contributed by atoms with van der Waals surface area (Å²) in [5, 5.41) is 2.62. The number of hydrogen-bond donors (Lipinski definition) is 1. The van der Waals surface area contributed by atoms with Crippen LogP contribution < -0.4 is 5.32 Å². The van der Waals surface area contributed by atoms with Crippen molar-refractivity contribution in [1.82, 2.24) is 9.62 Å². The third kappa shape index (κ3) is 3.67. The zero-order chi connectivity index (χ0) is 14.8. The fraction of sp³-hybridized carbons (Fsp3) is 0.417. The molecule has 2 rings (SSSR count). The lowest BCUT2D eigenvalue weighted by atomic mass is 10.2. The monoisotopic (exact) mass is 412 g/mol. The van der Waals surface area contributed by atoms with Gasteiger partial charge in [0, 0.05) is 23.2 Å². The zero-order valence-corrected chi connectivity index (χ0v) is 13.6. The highest BCUT2D eigenvalue weighted by Gasteiger charge is 2.27. The smallest absolute Gasteiger partial charge is 0.252 e. The van der Waals surface area contributed by atoms with Gasteiger partial charge in [-0.1, -0.05) is 0 Å². The third-order valence-corrected chi connectivity index (χ3v) is 5.92. The average Bonchev–Trinajstić information content (AvgIpc) is 2.71. The Morgan fingerprint density at radius 1 is 1.45 bits per heavy atom. The van der Waals surface area contributed by atoms with Gasteiger partial charge in [0.05, 0.1) is 11.3 Å². The van der Waals surface area contributed by atoms with E-state index >= 15 is 0 Å². The molecule has 5 nitrogen and oxygen atoms in total. The van der Waals surface area contributed by atoms with Gasteiger partial charge in [-0.15, -0.1) is 0 Å². The van der Waals surface area contributed by atoms with E-state index in [9.17, 15) is 17.6 Å². The lowest BCUT2D eigenvalue weighted by Crippen LogP contribution is -2.36. The molecule has 20 heavy (non-hydrogen) atoms. The lowest BCUT2D eigenvalue weighted by molar-refractivity contribution is 0.0950. The second kappa shape index (κ2) is 6.35. The van der Waals surface area contributed by atoms with Gasteiger partial charge in [-0.2, -0.15) is 0 Å². The van der Waals surface area contributed by atoms with Gasteiger partial charge in [-0.05, 0) is 47.2 Å². The minimum Gasteiger partial charge on any atom is -0.351 e. The highest BCUT2D eigenvalue weighted by Crippen LogP contribution is 2.14. The van der Waals surface area contributed by atoms with Crippen LogP contribution in [0.25, 0.3) is 0 Å². The maximum Gasteiger partial charge on any atom is 0.252 e. The molecule has 0 aromatic heterocycles. The zero-order valence-electron chi connectivity index (χ0n) is 10.6. The van der Waals surface area contributed by atoms with Crippen molar-refractivity contribution in [2.45, 2.75) is 6.42 Å². The Balaban J connectivity index is 1.91. The third-order valence-electron chi connectivity index (χ3n) is 3.02. The van der Waals surface area contributed by atoms with Gasteiger partial charge < -0.3 is 5.32 Å². The first-order valence-electron chi connectivity index (χ1n) is 6.11. The van der Waals surface area contributed by atoms with Crippen molar-refractivity contribution >= 4 is 38.5 Å². The quantitative estimate of drug-likeness (QED) is 0.756. The molecule has 1 aliphatic rings. The average molecular weight is 412 g/mol. The molecule has 1 heterocycles. The van der Waals surface area contributed by atoms with Crippen molar-refractivity contribution in [3.05, 3.63) is 33.1 Å². The largest absolute Gasteiger partial charge is 0.351 e. The summed E-state index contributed by atoms with van der Waals surface area (Å²) in [6.07, 6.45) is 0.623. The van der Waals surface area contributed by atoms with E-state index in [1.165, 1.54) is 22.5 Å². The Kier molecular flexibility index (Phi) is 4.97. The standard InChI is InChI=1S/C12H14FIN2O3S/c13-9-2-3-11(14)10(8-9)12(17)15-4-6-16-5-1-7-20(16,18)19/h2-3,8H,1,4-7H2,(H,15,17).